The number of amides is 1. The van der Waals surface area contributed by atoms with Gasteiger partial charge in [-0.3, -0.25) is 14.9 Å². The normalized spacial score (nSPS) is 12.0. The second kappa shape index (κ2) is 7.54. The number of nitrogens with zero attached hydrogens (tertiary/aromatic N) is 1. The average Bonchev–Trinajstić information content (AvgIpc) is 2.54. The molecule has 2 rings (SSSR count). The molecule has 0 saturated carbocycles. The number of rotatable bonds is 6. The van der Waals surface area contributed by atoms with Gasteiger partial charge in [0.25, 0.3) is 11.6 Å². The van der Waals surface area contributed by atoms with Gasteiger partial charge in [-0.05, 0) is 24.0 Å². The zero-order valence-electron chi connectivity index (χ0n) is 13.2. The van der Waals surface area contributed by atoms with E-state index in [1.807, 2.05) is 30.3 Å². The lowest BCUT2D eigenvalue weighted by atomic mass is 9.96. The maximum Gasteiger partial charge on any atom is 0.270 e. The predicted molar refractivity (Wildman–Crippen MR) is 89.2 cm³/mol. The average molecular weight is 312 g/mol. The summed E-state index contributed by atoms with van der Waals surface area (Å²) in [5.74, 6) is 0.105. The number of carbonyl (C=O) groups is 1. The van der Waals surface area contributed by atoms with Crippen molar-refractivity contribution in [2.75, 3.05) is 0 Å². The van der Waals surface area contributed by atoms with Crippen LogP contribution in [0.2, 0.25) is 0 Å². The fraction of sp³-hybridized carbons (Fsp3) is 0.278. The van der Waals surface area contributed by atoms with Crippen molar-refractivity contribution >= 4 is 11.6 Å². The number of non-ortho nitro benzene ring substituents is 1. The van der Waals surface area contributed by atoms with Crippen molar-refractivity contribution in [1.29, 1.82) is 0 Å². The van der Waals surface area contributed by atoms with Gasteiger partial charge in [0, 0.05) is 17.7 Å². The number of hydrogen-bond donors (Lipinski definition) is 1. The third kappa shape index (κ3) is 4.64. The van der Waals surface area contributed by atoms with Crippen LogP contribution in [0.4, 0.5) is 5.69 Å². The zero-order valence-corrected chi connectivity index (χ0v) is 13.2. The Hall–Kier alpha value is -2.69. The van der Waals surface area contributed by atoms with Crippen LogP contribution in [0, 0.1) is 16.0 Å². The summed E-state index contributed by atoms with van der Waals surface area (Å²) in [6.45, 7) is 4.19. The van der Waals surface area contributed by atoms with Crippen LogP contribution in [0.15, 0.2) is 54.6 Å². The largest absolute Gasteiger partial charge is 0.345 e. The molecule has 2 aromatic carbocycles. The number of nitro benzene ring substituents is 1. The van der Waals surface area contributed by atoms with Gasteiger partial charge in [0.2, 0.25) is 0 Å². The Kier molecular flexibility index (Phi) is 5.46. The van der Waals surface area contributed by atoms with Crippen LogP contribution in [-0.4, -0.2) is 10.8 Å². The molecule has 0 saturated heterocycles. The molecule has 0 radical (unpaired) electrons. The van der Waals surface area contributed by atoms with E-state index in [0.717, 1.165) is 12.0 Å². The molecule has 0 bridgehead atoms. The topological polar surface area (TPSA) is 72.2 Å². The summed E-state index contributed by atoms with van der Waals surface area (Å²) in [5.41, 5.74) is 1.24. The van der Waals surface area contributed by atoms with E-state index < -0.39 is 4.92 Å². The number of benzene rings is 2. The molecule has 1 atom stereocenters. The second-order valence-electron chi connectivity index (χ2n) is 5.87. The minimum atomic E-state index is -0.500. The van der Waals surface area contributed by atoms with Crippen LogP contribution in [-0.2, 0) is 0 Å². The summed E-state index contributed by atoms with van der Waals surface area (Å²) in [4.78, 5) is 22.8. The Bertz CT molecular complexity index is 684. The first-order valence-electron chi connectivity index (χ1n) is 7.57. The lowest BCUT2D eigenvalue weighted by Gasteiger charge is -2.21. The molecule has 0 aliphatic rings. The van der Waals surface area contributed by atoms with Gasteiger partial charge in [-0.25, -0.2) is 0 Å². The van der Waals surface area contributed by atoms with E-state index >= 15 is 0 Å². The van der Waals surface area contributed by atoms with E-state index in [1.54, 1.807) is 6.07 Å². The number of carbonyl (C=O) groups excluding carboxylic acids is 1. The quantitative estimate of drug-likeness (QED) is 0.644. The van der Waals surface area contributed by atoms with E-state index in [4.69, 9.17) is 0 Å². The fourth-order valence-corrected chi connectivity index (χ4v) is 2.44. The van der Waals surface area contributed by atoms with Gasteiger partial charge in [-0.15, -0.1) is 0 Å². The van der Waals surface area contributed by atoms with Crippen LogP contribution >= 0.6 is 0 Å². The molecule has 5 nitrogen and oxygen atoms in total. The smallest absolute Gasteiger partial charge is 0.270 e. The highest BCUT2D eigenvalue weighted by atomic mass is 16.6. The van der Waals surface area contributed by atoms with E-state index in [1.165, 1.54) is 18.2 Å². The zero-order chi connectivity index (χ0) is 16.8. The summed E-state index contributed by atoms with van der Waals surface area (Å²) in [6, 6.07) is 15.4. The Labute approximate surface area is 135 Å². The lowest BCUT2D eigenvalue weighted by molar-refractivity contribution is -0.384. The number of nitro groups is 1. The van der Waals surface area contributed by atoms with Crippen molar-refractivity contribution in [1.82, 2.24) is 5.32 Å². The van der Waals surface area contributed by atoms with Gasteiger partial charge in [-0.1, -0.05) is 50.2 Å². The van der Waals surface area contributed by atoms with Crippen LogP contribution in [0.25, 0.3) is 0 Å². The summed E-state index contributed by atoms with van der Waals surface area (Å²) >= 11 is 0. The van der Waals surface area contributed by atoms with Crippen molar-refractivity contribution in [3.63, 3.8) is 0 Å². The van der Waals surface area contributed by atoms with Crippen molar-refractivity contribution < 1.29 is 9.72 Å². The van der Waals surface area contributed by atoms with Crippen LogP contribution in [0.5, 0.6) is 0 Å². The monoisotopic (exact) mass is 312 g/mol. The molecule has 2 aromatic rings. The highest BCUT2D eigenvalue weighted by molar-refractivity contribution is 5.95. The van der Waals surface area contributed by atoms with E-state index in [2.05, 4.69) is 19.2 Å². The van der Waals surface area contributed by atoms with Crippen molar-refractivity contribution in [3.8, 4) is 0 Å². The molecular formula is C18H20N2O3. The van der Waals surface area contributed by atoms with Gasteiger partial charge >= 0.3 is 0 Å². The maximum absolute atomic E-state index is 12.5. The molecule has 23 heavy (non-hydrogen) atoms. The molecule has 0 fully saturated rings. The standard InChI is InChI=1S/C18H20N2O3/c1-13(2)11-17(14-7-4-3-5-8-14)19-18(21)15-9-6-10-16(12-15)20(22)23/h3-10,12-13,17H,11H2,1-2H3,(H,19,21)/t17-/m0/s1. The molecule has 0 spiro atoms. The lowest BCUT2D eigenvalue weighted by Crippen LogP contribution is -2.29. The Balaban J connectivity index is 2.20. The number of nitrogens with one attached hydrogen (secondary N) is 1. The third-order valence-corrected chi connectivity index (χ3v) is 3.53. The fourth-order valence-electron chi connectivity index (χ4n) is 2.44. The maximum atomic E-state index is 12.5. The van der Waals surface area contributed by atoms with Crippen LogP contribution in [0.1, 0.15) is 42.2 Å². The first-order chi connectivity index (χ1) is 11.0. The van der Waals surface area contributed by atoms with Crippen molar-refractivity contribution in [2.45, 2.75) is 26.3 Å². The third-order valence-electron chi connectivity index (χ3n) is 3.53. The van der Waals surface area contributed by atoms with Gasteiger partial charge < -0.3 is 5.32 Å². The summed E-state index contributed by atoms with van der Waals surface area (Å²) in [7, 11) is 0. The summed E-state index contributed by atoms with van der Waals surface area (Å²) in [5, 5.41) is 13.8. The summed E-state index contributed by atoms with van der Waals surface area (Å²) in [6.07, 6.45) is 0.796. The molecule has 0 aliphatic heterocycles. The van der Waals surface area contributed by atoms with Gasteiger partial charge in [0.05, 0.1) is 11.0 Å². The molecule has 0 aromatic heterocycles. The highest BCUT2D eigenvalue weighted by Crippen LogP contribution is 2.22. The summed E-state index contributed by atoms with van der Waals surface area (Å²) < 4.78 is 0. The predicted octanol–water partition coefficient (Wildman–Crippen LogP) is 4.11. The van der Waals surface area contributed by atoms with E-state index in [0.29, 0.717) is 11.5 Å². The van der Waals surface area contributed by atoms with Crippen molar-refractivity contribution in [3.05, 3.63) is 75.8 Å². The van der Waals surface area contributed by atoms with Gasteiger partial charge in [-0.2, -0.15) is 0 Å². The van der Waals surface area contributed by atoms with Gasteiger partial charge in [0.1, 0.15) is 0 Å². The molecular weight excluding hydrogens is 292 g/mol. The minimum absolute atomic E-state index is 0.0854. The molecule has 0 unspecified atom stereocenters. The van der Waals surface area contributed by atoms with Gasteiger partial charge in [0.15, 0.2) is 0 Å². The SMILES string of the molecule is CC(C)C[C@H](NC(=O)c1cccc([N+](=O)[O-])c1)c1ccccc1. The molecule has 5 heteroatoms. The molecule has 1 N–H and O–H groups in total. The molecule has 0 heterocycles. The minimum Gasteiger partial charge on any atom is -0.345 e. The molecule has 1 amide bonds. The Morgan fingerprint density at radius 1 is 1.13 bits per heavy atom. The molecule has 0 aliphatic carbocycles. The van der Waals surface area contributed by atoms with Crippen molar-refractivity contribution in [2.24, 2.45) is 5.92 Å². The number of hydrogen-bond acceptors (Lipinski definition) is 3. The van der Waals surface area contributed by atoms with Crippen LogP contribution < -0.4 is 5.32 Å². The van der Waals surface area contributed by atoms with E-state index in [-0.39, 0.29) is 17.6 Å². The first-order valence-corrected chi connectivity index (χ1v) is 7.57. The highest BCUT2D eigenvalue weighted by Gasteiger charge is 2.18. The molecule has 120 valence electrons. The van der Waals surface area contributed by atoms with E-state index in [9.17, 15) is 14.9 Å². The first kappa shape index (κ1) is 16.7. The van der Waals surface area contributed by atoms with Crippen LogP contribution in [0.3, 0.4) is 0 Å². The Morgan fingerprint density at radius 3 is 2.43 bits per heavy atom. The second-order valence-corrected chi connectivity index (χ2v) is 5.87. The Morgan fingerprint density at radius 2 is 1.83 bits per heavy atom.